The van der Waals surface area contributed by atoms with E-state index in [4.69, 9.17) is 24.1 Å². The summed E-state index contributed by atoms with van der Waals surface area (Å²) in [5.41, 5.74) is 17.6. The molecular formula is C94H109Cl2IN8O6. The first-order valence-electron chi connectivity index (χ1n) is 39.3. The van der Waals surface area contributed by atoms with Gasteiger partial charge in [-0.2, -0.15) is 0 Å². The van der Waals surface area contributed by atoms with Crippen LogP contribution >= 0.6 is 47.4 Å². The maximum atomic E-state index is 10.7. The predicted molar refractivity (Wildman–Crippen MR) is 469 cm³/mol. The zero-order chi connectivity index (χ0) is 75.0. The Morgan fingerprint density at radius 3 is 1.09 bits per heavy atom. The minimum absolute atomic E-state index is 0. The van der Waals surface area contributed by atoms with Crippen LogP contribution in [0.25, 0.3) is 0 Å². The number of hydrogen-bond donors (Lipinski definition) is 2. The lowest BCUT2D eigenvalue weighted by molar-refractivity contribution is -0.137. The van der Waals surface area contributed by atoms with E-state index in [0.29, 0.717) is 37.2 Å². The third-order valence-corrected chi connectivity index (χ3v) is 21.9. The van der Waals surface area contributed by atoms with Crippen LogP contribution in [0.3, 0.4) is 0 Å². The molecule has 0 bridgehead atoms. The molecule has 4 atom stereocenters. The molecule has 4 fully saturated rings. The minimum atomic E-state index is -0.719. The Morgan fingerprint density at radius 1 is 0.432 bits per heavy atom. The summed E-state index contributed by atoms with van der Waals surface area (Å²) in [4.78, 5) is 34.9. The lowest BCUT2D eigenvalue weighted by Crippen LogP contribution is -2.35. The van der Waals surface area contributed by atoms with Gasteiger partial charge in [0.15, 0.2) is 0 Å². The van der Waals surface area contributed by atoms with Gasteiger partial charge in [0, 0.05) is 90.9 Å². The van der Waals surface area contributed by atoms with Crippen LogP contribution in [0.4, 0.5) is 0 Å². The van der Waals surface area contributed by atoms with Crippen molar-refractivity contribution in [3.05, 3.63) is 308 Å². The van der Waals surface area contributed by atoms with Gasteiger partial charge in [0.25, 0.3) is 0 Å². The SMILES string of the molecule is C1=CN=C(c2ccc(Cc3ccc(OCC4CCCN4)cc3)cc2)C1.C1=CN=CC1.CN1CCCC1COc1ccc(Cc2ccc(C3=NC=CC3)cc2)cc1.CN1CCCC1COc1ccc(Cc2ccc(I)cc2)cc1.Cl.Cl.O=C(O)CCCN1CCCC1COc1ccc(Cc2ccc(C3=NC=CC3)cc2)cc1. The van der Waals surface area contributed by atoms with Crippen molar-refractivity contribution in [1.82, 2.24) is 20.0 Å². The molecule has 582 valence electrons. The second-order valence-corrected chi connectivity index (χ2v) is 30.6. The number of likely N-dealkylation sites (N-methyl/N-ethyl adjacent to an activating group) is 2. The maximum Gasteiger partial charge on any atom is 0.303 e. The van der Waals surface area contributed by atoms with Crippen LogP contribution in [0.15, 0.2) is 263 Å². The van der Waals surface area contributed by atoms with Gasteiger partial charge in [-0.15, -0.1) is 24.8 Å². The Hall–Kier alpha value is -8.78. The second kappa shape index (κ2) is 45.7. The molecule has 111 heavy (non-hydrogen) atoms. The number of aliphatic carboxylic acids is 1. The number of allylic oxidation sites excluding steroid dienone is 4. The number of carbonyl (C=O) groups is 1. The average molecular weight is 1640 g/mol. The molecule has 8 aromatic rings. The summed E-state index contributed by atoms with van der Waals surface area (Å²) in [7, 11) is 4.37. The van der Waals surface area contributed by atoms with E-state index in [0.717, 1.165) is 144 Å². The largest absolute Gasteiger partial charge is 0.492 e. The van der Waals surface area contributed by atoms with Gasteiger partial charge in [0.05, 0.1) is 17.1 Å². The third kappa shape index (κ3) is 28.1. The standard InChI is InChI=1S/C26H30N2O3.C23H26N2O.C22H24N2O.C19H22INO.C4H5N.2ClH/c29-26(30)6-3-17-28-16-2-4-23(28)19-31-24-13-9-21(10-14-24)18-20-7-11-22(12-8-20)25-5-1-15-27-25;1-25-15-3-4-21(25)17-26-22-12-8-19(9-13-22)16-18-6-10-20(11-7-18)23-5-2-14-24-23;1-3-20(23-13-1)16-25-21-11-7-18(8-12-21)15-17-5-9-19(10-6-17)22-4-2-14-24-22;1-21-12-2-3-18(21)14-22-19-10-6-16(7-11-19)13-15-4-8-17(20)9-5-15;1-2-4-5-3-1;;/h1,7-15,23H,2-6,16-19H2,(H,29,30);2,6-14,21H,3-5,15-17H2,1H3;2,5-12,14,20,23H,1,3-4,13,15-16H2;4-11,18H,2-3,12-14H2,1H3;1,3-4H,2H2;2*1H. The average Bonchev–Trinajstić information content (AvgIpc) is 1.85. The summed E-state index contributed by atoms with van der Waals surface area (Å²) in [5, 5.41) is 12.3. The minimum Gasteiger partial charge on any atom is -0.492 e. The van der Waals surface area contributed by atoms with Gasteiger partial charge in [-0.25, -0.2) is 0 Å². The van der Waals surface area contributed by atoms with Crippen molar-refractivity contribution in [1.29, 1.82) is 0 Å². The lowest BCUT2D eigenvalue weighted by Gasteiger charge is -2.24. The normalized spacial score (nSPS) is 18.5. The molecule has 2 N–H and O–H groups in total. The van der Waals surface area contributed by atoms with Crippen molar-refractivity contribution < 1.29 is 28.8 Å². The van der Waals surface area contributed by atoms with Crippen molar-refractivity contribution in [3.8, 4) is 23.0 Å². The molecular weight excluding hydrogens is 1530 g/mol. The van der Waals surface area contributed by atoms with Crippen LogP contribution in [0.2, 0.25) is 0 Å². The number of carboxylic acids is 1. The van der Waals surface area contributed by atoms with E-state index in [-0.39, 0.29) is 31.2 Å². The van der Waals surface area contributed by atoms with Gasteiger partial charge >= 0.3 is 5.97 Å². The van der Waals surface area contributed by atoms with Crippen LogP contribution in [0.1, 0.15) is 151 Å². The molecule has 14 nitrogen and oxygen atoms in total. The van der Waals surface area contributed by atoms with Crippen molar-refractivity contribution in [2.45, 2.75) is 140 Å². The highest BCUT2D eigenvalue weighted by atomic mass is 127. The first-order chi connectivity index (χ1) is 53.5. The maximum absolute atomic E-state index is 10.7. The molecule has 0 spiro atoms. The van der Waals surface area contributed by atoms with E-state index in [9.17, 15) is 4.79 Å². The fourth-order valence-electron chi connectivity index (χ4n) is 14.6. The molecule has 0 aromatic heterocycles. The molecule has 8 aromatic carbocycles. The van der Waals surface area contributed by atoms with Crippen molar-refractivity contribution in [2.24, 2.45) is 20.0 Å². The smallest absolute Gasteiger partial charge is 0.303 e. The highest BCUT2D eigenvalue weighted by molar-refractivity contribution is 14.1. The quantitative estimate of drug-likeness (QED) is 0.0477. The number of halogens is 3. The van der Waals surface area contributed by atoms with Gasteiger partial charge in [-0.3, -0.25) is 29.7 Å². The number of ether oxygens (including phenoxy) is 4. The van der Waals surface area contributed by atoms with Gasteiger partial charge in [0.2, 0.25) is 0 Å². The van der Waals surface area contributed by atoms with Crippen LogP contribution < -0.4 is 24.3 Å². The molecule has 0 radical (unpaired) electrons. The fourth-order valence-corrected chi connectivity index (χ4v) is 15.0. The van der Waals surface area contributed by atoms with E-state index in [2.05, 4.69) is 277 Å². The lowest BCUT2D eigenvalue weighted by atomic mass is 10.0. The van der Waals surface area contributed by atoms with Crippen LogP contribution in [0, 0.1) is 3.57 Å². The number of rotatable bonds is 27. The van der Waals surface area contributed by atoms with Crippen LogP contribution in [-0.2, 0) is 30.5 Å². The highest BCUT2D eigenvalue weighted by Gasteiger charge is 2.26. The summed E-state index contributed by atoms with van der Waals surface area (Å²) in [6.07, 6.45) is 35.9. The number of carboxylic acid groups (broad SMARTS) is 1. The Morgan fingerprint density at radius 2 is 0.784 bits per heavy atom. The van der Waals surface area contributed by atoms with Gasteiger partial charge < -0.3 is 39.2 Å². The van der Waals surface area contributed by atoms with Crippen molar-refractivity contribution in [2.75, 3.05) is 73.2 Å². The summed E-state index contributed by atoms with van der Waals surface area (Å²) >= 11 is 2.34. The molecule has 0 amide bonds. The topological polar surface area (TPSA) is 145 Å². The molecule has 16 rings (SSSR count). The van der Waals surface area contributed by atoms with Crippen molar-refractivity contribution >= 4 is 76.7 Å². The van der Waals surface area contributed by atoms with E-state index in [1.807, 2.05) is 43.0 Å². The van der Waals surface area contributed by atoms with E-state index < -0.39 is 5.97 Å². The second-order valence-electron chi connectivity index (χ2n) is 29.4. The van der Waals surface area contributed by atoms with Gasteiger partial charge in [0.1, 0.15) is 49.4 Å². The molecule has 17 heteroatoms. The highest BCUT2D eigenvalue weighted by Crippen LogP contribution is 2.27. The Kier molecular flexibility index (Phi) is 34.8. The zero-order valence-corrected chi connectivity index (χ0v) is 68.2. The van der Waals surface area contributed by atoms with E-state index in [1.54, 1.807) is 6.20 Å². The fraction of sp³-hybridized carbons (Fsp3) is 0.351. The Labute approximate surface area is 684 Å². The molecule has 8 aliphatic heterocycles. The first-order valence-corrected chi connectivity index (χ1v) is 40.4. The summed E-state index contributed by atoms with van der Waals surface area (Å²) in [5.74, 6) is 3.08. The number of nitrogens with one attached hydrogen (secondary N) is 1. The zero-order valence-electron chi connectivity index (χ0n) is 64.4. The molecule has 8 aliphatic rings. The molecule has 0 saturated carbocycles. The van der Waals surface area contributed by atoms with Gasteiger partial charge in [-0.05, 0) is 275 Å². The summed E-state index contributed by atoms with van der Waals surface area (Å²) < 4.78 is 25.1. The molecule has 8 heterocycles. The van der Waals surface area contributed by atoms with Crippen LogP contribution in [-0.4, -0.2) is 147 Å². The van der Waals surface area contributed by atoms with E-state index >= 15 is 0 Å². The number of benzene rings is 8. The van der Waals surface area contributed by atoms with E-state index in [1.165, 1.54) is 116 Å². The van der Waals surface area contributed by atoms with Gasteiger partial charge in [-0.1, -0.05) is 158 Å². The first kappa shape index (κ1) is 84.7. The van der Waals surface area contributed by atoms with Crippen LogP contribution in [0.5, 0.6) is 23.0 Å². The third-order valence-electron chi connectivity index (χ3n) is 21.2. The number of nitrogens with zero attached hydrogens (tertiary/aromatic N) is 7. The number of aliphatic imine (C=N–C) groups is 4. The Bertz CT molecular complexity index is 4360. The molecule has 4 saturated heterocycles. The predicted octanol–water partition coefficient (Wildman–Crippen LogP) is 19.4. The molecule has 0 aliphatic carbocycles. The summed E-state index contributed by atoms with van der Waals surface area (Å²) in [6, 6.07) is 70.8. The summed E-state index contributed by atoms with van der Waals surface area (Å²) in [6.45, 7) is 8.39. The number of likely N-dealkylation sites (tertiary alicyclic amines) is 3. The Balaban J connectivity index is 0.000000154. The molecule has 4 unspecified atom stereocenters. The monoisotopic (exact) mass is 1640 g/mol. The van der Waals surface area contributed by atoms with Crippen molar-refractivity contribution in [3.63, 3.8) is 0 Å². The number of hydrogen-bond acceptors (Lipinski definition) is 13.